The van der Waals surface area contributed by atoms with E-state index in [1.54, 1.807) is 11.8 Å². The summed E-state index contributed by atoms with van der Waals surface area (Å²) in [6.45, 7) is 1.93. The fourth-order valence-electron chi connectivity index (χ4n) is 1.86. The minimum absolute atomic E-state index is 0.205. The molecule has 15 heavy (non-hydrogen) atoms. The number of amides is 1. The largest absolute Gasteiger partial charge is 0.355 e. The number of carbonyl (C=O) groups excluding carboxylic acids is 1. The molecule has 0 aromatic carbocycles. The monoisotopic (exact) mass is 230 g/mol. The molecule has 0 bridgehead atoms. The molecule has 1 unspecified atom stereocenters. The predicted octanol–water partition coefficient (Wildman–Crippen LogP) is 1.39. The van der Waals surface area contributed by atoms with Crippen molar-refractivity contribution in [2.24, 2.45) is 0 Å². The van der Waals surface area contributed by atoms with Crippen molar-refractivity contribution in [1.82, 2.24) is 10.6 Å². The molecule has 88 valence electrons. The van der Waals surface area contributed by atoms with E-state index in [4.69, 9.17) is 0 Å². The molecule has 1 saturated heterocycles. The van der Waals surface area contributed by atoms with Gasteiger partial charge in [0.1, 0.15) is 0 Å². The molecule has 2 N–H and O–H groups in total. The highest BCUT2D eigenvalue weighted by atomic mass is 32.2. The molecule has 0 spiro atoms. The van der Waals surface area contributed by atoms with Gasteiger partial charge in [-0.15, -0.1) is 0 Å². The van der Waals surface area contributed by atoms with Crippen molar-refractivity contribution in [3.8, 4) is 0 Å². The smallest absolute Gasteiger partial charge is 0.220 e. The van der Waals surface area contributed by atoms with Crippen molar-refractivity contribution in [3.63, 3.8) is 0 Å². The van der Waals surface area contributed by atoms with Gasteiger partial charge >= 0.3 is 0 Å². The van der Waals surface area contributed by atoms with Gasteiger partial charge in [0, 0.05) is 24.8 Å². The summed E-state index contributed by atoms with van der Waals surface area (Å²) in [5, 5.41) is 6.39. The van der Waals surface area contributed by atoms with E-state index in [0.717, 1.165) is 25.3 Å². The molecule has 4 heteroatoms. The Morgan fingerprint density at radius 1 is 1.53 bits per heavy atom. The standard InChI is InChI=1S/C11H22N2OS/c1-15-9-8-13-11(14)6-5-10-4-2-3-7-12-10/h10,12H,2-9H2,1H3,(H,13,14). The van der Waals surface area contributed by atoms with E-state index in [1.807, 2.05) is 0 Å². The summed E-state index contributed by atoms with van der Waals surface area (Å²) in [7, 11) is 0. The summed E-state index contributed by atoms with van der Waals surface area (Å²) >= 11 is 1.76. The predicted molar refractivity (Wildman–Crippen MR) is 66.3 cm³/mol. The van der Waals surface area contributed by atoms with Crippen molar-refractivity contribution in [2.45, 2.75) is 38.1 Å². The van der Waals surface area contributed by atoms with Crippen LogP contribution in [0.4, 0.5) is 0 Å². The van der Waals surface area contributed by atoms with Crippen LogP contribution in [0.15, 0.2) is 0 Å². The molecule has 1 amide bonds. The highest BCUT2D eigenvalue weighted by Crippen LogP contribution is 2.11. The van der Waals surface area contributed by atoms with Gasteiger partial charge < -0.3 is 10.6 Å². The van der Waals surface area contributed by atoms with Crippen LogP contribution in [0.1, 0.15) is 32.1 Å². The lowest BCUT2D eigenvalue weighted by molar-refractivity contribution is -0.121. The third kappa shape index (κ3) is 6.05. The third-order valence-electron chi connectivity index (χ3n) is 2.76. The van der Waals surface area contributed by atoms with Crippen LogP contribution in [0.5, 0.6) is 0 Å². The molecule has 1 rings (SSSR count). The summed E-state index contributed by atoms with van der Waals surface area (Å²) in [6.07, 6.45) is 7.55. The minimum Gasteiger partial charge on any atom is -0.355 e. The lowest BCUT2D eigenvalue weighted by Crippen LogP contribution is -2.35. The van der Waals surface area contributed by atoms with E-state index in [2.05, 4.69) is 16.9 Å². The number of hydrogen-bond donors (Lipinski definition) is 2. The van der Waals surface area contributed by atoms with Crippen LogP contribution in [-0.4, -0.2) is 37.0 Å². The van der Waals surface area contributed by atoms with Gasteiger partial charge in [0.05, 0.1) is 0 Å². The first kappa shape index (κ1) is 12.8. The molecule has 1 fully saturated rings. The fourth-order valence-corrected chi connectivity index (χ4v) is 2.16. The molecule has 0 aromatic heterocycles. The van der Waals surface area contributed by atoms with Gasteiger partial charge in [0.25, 0.3) is 0 Å². The molecular formula is C11H22N2OS. The number of hydrogen-bond acceptors (Lipinski definition) is 3. The second kappa shape index (κ2) is 7.99. The van der Waals surface area contributed by atoms with Crippen molar-refractivity contribution < 1.29 is 4.79 Å². The van der Waals surface area contributed by atoms with Gasteiger partial charge in [-0.2, -0.15) is 11.8 Å². The van der Waals surface area contributed by atoms with Gasteiger partial charge in [0.2, 0.25) is 5.91 Å². The van der Waals surface area contributed by atoms with Crippen molar-refractivity contribution in [1.29, 1.82) is 0 Å². The summed E-state index contributed by atoms with van der Waals surface area (Å²) in [5.74, 6) is 1.21. The van der Waals surface area contributed by atoms with Gasteiger partial charge in [-0.3, -0.25) is 4.79 Å². The van der Waals surface area contributed by atoms with Crippen LogP contribution < -0.4 is 10.6 Å². The average molecular weight is 230 g/mol. The molecule has 3 nitrogen and oxygen atoms in total. The zero-order valence-electron chi connectivity index (χ0n) is 9.55. The summed E-state index contributed by atoms with van der Waals surface area (Å²) in [4.78, 5) is 11.4. The Labute approximate surface area is 96.8 Å². The van der Waals surface area contributed by atoms with Gasteiger partial charge in [0.15, 0.2) is 0 Å². The lowest BCUT2D eigenvalue weighted by atomic mass is 10.0. The first-order valence-electron chi connectivity index (χ1n) is 5.82. The Hall–Kier alpha value is -0.220. The molecule has 1 aliphatic rings. The quantitative estimate of drug-likeness (QED) is 0.678. The number of carbonyl (C=O) groups is 1. The van der Waals surface area contributed by atoms with E-state index in [-0.39, 0.29) is 5.91 Å². The fraction of sp³-hybridized carbons (Fsp3) is 0.909. The second-order valence-electron chi connectivity index (χ2n) is 4.03. The molecular weight excluding hydrogens is 208 g/mol. The van der Waals surface area contributed by atoms with E-state index in [0.29, 0.717) is 12.5 Å². The molecule has 0 saturated carbocycles. The normalized spacial score (nSPS) is 21.3. The second-order valence-corrected chi connectivity index (χ2v) is 5.01. The molecule has 0 aromatic rings. The molecule has 0 radical (unpaired) electrons. The van der Waals surface area contributed by atoms with E-state index in [1.165, 1.54) is 19.3 Å². The van der Waals surface area contributed by atoms with Crippen LogP contribution in [0, 0.1) is 0 Å². The Kier molecular flexibility index (Phi) is 6.85. The molecule has 1 atom stereocenters. The van der Waals surface area contributed by atoms with Crippen molar-refractivity contribution in [2.75, 3.05) is 25.1 Å². The first-order chi connectivity index (χ1) is 7.33. The maximum absolute atomic E-state index is 11.4. The maximum atomic E-state index is 11.4. The lowest BCUT2D eigenvalue weighted by Gasteiger charge is -2.22. The minimum atomic E-state index is 0.205. The van der Waals surface area contributed by atoms with E-state index >= 15 is 0 Å². The molecule has 1 aliphatic heterocycles. The van der Waals surface area contributed by atoms with Gasteiger partial charge in [-0.1, -0.05) is 6.42 Å². The van der Waals surface area contributed by atoms with Crippen LogP contribution in [0.2, 0.25) is 0 Å². The van der Waals surface area contributed by atoms with Crippen LogP contribution in [0.3, 0.4) is 0 Å². The van der Waals surface area contributed by atoms with Crippen LogP contribution in [0.25, 0.3) is 0 Å². The van der Waals surface area contributed by atoms with Crippen molar-refractivity contribution in [3.05, 3.63) is 0 Å². The zero-order valence-corrected chi connectivity index (χ0v) is 10.4. The number of piperidine rings is 1. The number of nitrogens with one attached hydrogen (secondary N) is 2. The van der Waals surface area contributed by atoms with Gasteiger partial charge in [-0.05, 0) is 32.1 Å². The third-order valence-corrected chi connectivity index (χ3v) is 3.37. The first-order valence-corrected chi connectivity index (χ1v) is 7.21. The Balaban J connectivity index is 2.00. The van der Waals surface area contributed by atoms with Crippen molar-refractivity contribution >= 4 is 17.7 Å². The maximum Gasteiger partial charge on any atom is 0.220 e. The van der Waals surface area contributed by atoms with E-state index < -0.39 is 0 Å². The topological polar surface area (TPSA) is 41.1 Å². The van der Waals surface area contributed by atoms with Crippen LogP contribution >= 0.6 is 11.8 Å². The Morgan fingerprint density at radius 3 is 3.07 bits per heavy atom. The van der Waals surface area contributed by atoms with Gasteiger partial charge in [-0.25, -0.2) is 0 Å². The Morgan fingerprint density at radius 2 is 2.40 bits per heavy atom. The summed E-state index contributed by atoms with van der Waals surface area (Å²) < 4.78 is 0. The number of thioether (sulfide) groups is 1. The summed E-state index contributed by atoms with van der Waals surface area (Å²) in [6, 6.07) is 0.574. The highest BCUT2D eigenvalue weighted by Gasteiger charge is 2.13. The van der Waals surface area contributed by atoms with Crippen LogP contribution in [-0.2, 0) is 4.79 Å². The Bertz CT molecular complexity index is 181. The number of rotatable bonds is 6. The molecule has 1 heterocycles. The molecule has 0 aliphatic carbocycles. The highest BCUT2D eigenvalue weighted by molar-refractivity contribution is 7.98. The van der Waals surface area contributed by atoms with E-state index in [9.17, 15) is 4.79 Å². The average Bonchev–Trinajstić information content (AvgIpc) is 2.28. The zero-order chi connectivity index (χ0) is 10.9. The summed E-state index contributed by atoms with van der Waals surface area (Å²) in [5.41, 5.74) is 0. The SMILES string of the molecule is CSCCNC(=O)CCC1CCCCN1.